The molecule has 0 aliphatic heterocycles. The Morgan fingerprint density at radius 2 is 1.85 bits per heavy atom. The highest BCUT2D eigenvalue weighted by atomic mass is 16.2. The molecular weight excluding hydrogens is 350 g/mol. The Hall–Kier alpha value is -3.95. The molecule has 10 nitrogen and oxygen atoms in total. The van der Waals surface area contributed by atoms with E-state index < -0.39 is 11.9 Å². The van der Waals surface area contributed by atoms with Crippen LogP contribution in [0, 0.1) is 0 Å². The van der Waals surface area contributed by atoms with Gasteiger partial charge in [0.05, 0.1) is 5.56 Å². The molecule has 0 aliphatic carbocycles. The second-order valence-corrected chi connectivity index (χ2v) is 5.65. The van der Waals surface area contributed by atoms with Gasteiger partial charge in [-0.2, -0.15) is 0 Å². The highest BCUT2D eigenvalue weighted by Gasteiger charge is 2.09. The number of nitrogens with zero attached hydrogens (tertiary/aromatic N) is 3. The van der Waals surface area contributed by atoms with E-state index >= 15 is 0 Å². The summed E-state index contributed by atoms with van der Waals surface area (Å²) in [6.07, 6.45) is 3.19. The summed E-state index contributed by atoms with van der Waals surface area (Å²) >= 11 is 0. The van der Waals surface area contributed by atoms with E-state index in [1.54, 1.807) is 47.0 Å². The molecule has 3 rings (SSSR count). The topological polar surface area (TPSA) is 144 Å². The van der Waals surface area contributed by atoms with Crippen molar-refractivity contribution >= 4 is 34.9 Å². The predicted octanol–water partition coefficient (Wildman–Crippen LogP) is 0.978. The Balaban J connectivity index is 1.62. The minimum atomic E-state index is -0.496. The van der Waals surface area contributed by atoms with Gasteiger partial charge >= 0.3 is 6.03 Å². The van der Waals surface area contributed by atoms with Crippen molar-refractivity contribution in [3.05, 3.63) is 54.5 Å². The van der Waals surface area contributed by atoms with E-state index in [0.29, 0.717) is 22.6 Å². The minimum absolute atomic E-state index is 0.0558. The molecule has 10 heteroatoms. The van der Waals surface area contributed by atoms with Crippen LogP contribution in [0.2, 0.25) is 0 Å². The Morgan fingerprint density at radius 1 is 1.07 bits per heavy atom. The number of rotatable bonds is 6. The van der Waals surface area contributed by atoms with Crippen LogP contribution in [0.4, 0.5) is 16.2 Å². The van der Waals surface area contributed by atoms with Gasteiger partial charge in [0.15, 0.2) is 5.65 Å². The summed E-state index contributed by atoms with van der Waals surface area (Å²) in [6.45, 7) is 0.142. The van der Waals surface area contributed by atoms with Crippen molar-refractivity contribution in [1.29, 1.82) is 0 Å². The highest BCUT2D eigenvalue weighted by molar-refractivity contribution is 6.04. The van der Waals surface area contributed by atoms with Gasteiger partial charge in [-0.05, 0) is 30.3 Å². The van der Waals surface area contributed by atoms with Crippen LogP contribution in [0.25, 0.3) is 5.65 Å². The summed E-state index contributed by atoms with van der Waals surface area (Å²) in [5.74, 6) is -0.807. The maximum absolute atomic E-state index is 12.4. The van der Waals surface area contributed by atoms with Crippen LogP contribution in [-0.4, -0.2) is 39.0 Å². The van der Waals surface area contributed by atoms with Gasteiger partial charge in [-0.1, -0.05) is 6.07 Å². The lowest BCUT2D eigenvalue weighted by Crippen LogP contribution is -2.31. The number of carbonyl (C=O) groups excluding carboxylic acids is 3. The lowest BCUT2D eigenvalue weighted by molar-refractivity contribution is -0.117. The molecule has 0 unspecified atom stereocenters. The van der Waals surface area contributed by atoms with Crippen LogP contribution in [0.1, 0.15) is 16.8 Å². The van der Waals surface area contributed by atoms with Crippen LogP contribution in [0.5, 0.6) is 0 Å². The van der Waals surface area contributed by atoms with Crippen molar-refractivity contribution in [1.82, 2.24) is 19.9 Å². The molecule has 0 fully saturated rings. The summed E-state index contributed by atoms with van der Waals surface area (Å²) in [5.41, 5.74) is 7.08. The average Bonchev–Trinajstić information content (AvgIpc) is 3.09. The van der Waals surface area contributed by atoms with Crippen LogP contribution in [0.3, 0.4) is 0 Å². The van der Waals surface area contributed by atoms with Crippen molar-refractivity contribution in [3.63, 3.8) is 0 Å². The van der Waals surface area contributed by atoms with Crippen LogP contribution in [0.15, 0.2) is 48.9 Å². The monoisotopic (exact) mass is 367 g/mol. The Labute approximate surface area is 153 Å². The first-order valence-electron chi connectivity index (χ1n) is 8.05. The van der Waals surface area contributed by atoms with Gasteiger partial charge in [0, 0.05) is 30.5 Å². The number of primary amides is 1. The third-order valence-corrected chi connectivity index (χ3v) is 3.59. The molecule has 3 aromatic rings. The van der Waals surface area contributed by atoms with E-state index in [4.69, 9.17) is 5.73 Å². The second-order valence-electron chi connectivity index (χ2n) is 5.65. The molecule has 0 saturated heterocycles. The molecule has 27 heavy (non-hydrogen) atoms. The number of hydrogen-bond donors (Lipinski definition) is 4. The molecular formula is C17H17N7O3. The fraction of sp³-hybridized carbons (Fsp3) is 0.118. The molecule has 5 N–H and O–H groups in total. The van der Waals surface area contributed by atoms with Gasteiger partial charge in [0.1, 0.15) is 6.33 Å². The summed E-state index contributed by atoms with van der Waals surface area (Å²) in [6, 6.07) is 9.54. The molecule has 0 saturated carbocycles. The number of nitrogens with two attached hydrogens (primary N) is 1. The number of benzene rings is 1. The second kappa shape index (κ2) is 7.95. The Bertz CT molecular complexity index is 999. The first-order valence-corrected chi connectivity index (χ1v) is 8.05. The molecule has 4 amide bonds. The number of aromatic nitrogens is 3. The maximum Gasteiger partial charge on any atom is 0.319 e. The zero-order valence-corrected chi connectivity index (χ0v) is 14.2. The summed E-state index contributed by atoms with van der Waals surface area (Å²) in [5, 5.41) is 15.5. The lowest BCUT2D eigenvalue weighted by atomic mass is 10.2. The fourth-order valence-corrected chi connectivity index (χ4v) is 2.31. The third-order valence-electron chi connectivity index (χ3n) is 3.59. The zero-order chi connectivity index (χ0) is 19.2. The van der Waals surface area contributed by atoms with Gasteiger partial charge in [0.25, 0.3) is 5.91 Å². The Morgan fingerprint density at radius 3 is 2.63 bits per heavy atom. The molecule has 2 heterocycles. The molecule has 138 valence electrons. The maximum atomic E-state index is 12.4. The first-order chi connectivity index (χ1) is 13.0. The van der Waals surface area contributed by atoms with Crippen molar-refractivity contribution in [2.75, 3.05) is 17.2 Å². The molecule has 0 radical (unpaired) electrons. The van der Waals surface area contributed by atoms with Crippen molar-refractivity contribution in [3.8, 4) is 0 Å². The van der Waals surface area contributed by atoms with Gasteiger partial charge in [-0.15, -0.1) is 10.2 Å². The van der Waals surface area contributed by atoms with Crippen LogP contribution in [-0.2, 0) is 4.79 Å². The number of nitrogens with one attached hydrogen (secondary N) is 3. The summed E-state index contributed by atoms with van der Waals surface area (Å²) < 4.78 is 1.64. The smallest absolute Gasteiger partial charge is 0.319 e. The number of anilines is 2. The van der Waals surface area contributed by atoms with E-state index in [-0.39, 0.29) is 18.9 Å². The number of urea groups is 1. The van der Waals surface area contributed by atoms with Crippen LogP contribution >= 0.6 is 0 Å². The fourth-order valence-electron chi connectivity index (χ4n) is 2.31. The molecule has 2 aromatic heterocycles. The van der Waals surface area contributed by atoms with Crippen LogP contribution < -0.4 is 21.7 Å². The number of pyridine rings is 1. The van der Waals surface area contributed by atoms with Gasteiger partial charge in [-0.3, -0.25) is 14.0 Å². The molecule has 0 bridgehead atoms. The normalized spacial score (nSPS) is 10.4. The van der Waals surface area contributed by atoms with Gasteiger partial charge < -0.3 is 21.7 Å². The number of amides is 4. The molecule has 0 aliphatic rings. The van der Waals surface area contributed by atoms with Crippen molar-refractivity contribution in [2.45, 2.75) is 6.42 Å². The van der Waals surface area contributed by atoms with E-state index in [1.165, 1.54) is 6.33 Å². The van der Waals surface area contributed by atoms with E-state index in [9.17, 15) is 14.4 Å². The van der Waals surface area contributed by atoms with Gasteiger partial charge in [0.2, 0.25) is 5.91 Å². The lowest BCUT2D eigenvalue weighted by Gasteiger charge is -2.10. The van der Waals surface area contributed by atoms with E-state index in [1.807, 2.05) is 0 Å². The van der Waals surface area contributed by atoms with Crippen molar-refractivity contribution < 1.29 is 14.4 Å². The summed E-state index contributed by atoms with van der Waals surface area (Å²) in [7, 11) is 0. The largest absolute Gasteiger partial charge is 0.370 e. The highest BCUT2D eigenvalue weighted by Crippen LogP contribution is 2.16. The Kier molecular flexibility index (Phi) is 5.26. The zero-order valence-electron chi connectivity index (χ0n) is 14.2. The van der Waals surface area contributed by atoms with Gasteiger partial charge in [-0.25, -0.2) is 4.79 Å². The standard InChI is InChI=1S/C17H17N7O3/c18-14(25)6-7-19-17(27)22-13-3-1-2-12(8-13)21-16(26)11-4-5-15-23-20-10-24(15)9-11/h1-5,8-10H,6-7H2,(H2,18,25)(H,21,26)(H2,19,22,27). The quantitative estimate of drug-likeness (QED) is 0.513. The number of hydrogen-bond acceptors (Lipinski definition) is 5. The minimum Gasteiger partial charge on any atom is -0.370 e. The molecule has 0 spiro atoms. The first kappa shape index (κ1) is 17.9. The molecule has 1 aromatic carbocycles. The van der Waals surface area contributed by atoms with Crippen molar-refractivity contribution in [2.24, 2.45) is 5.73 Å². The predicted molar refractivity (Wildman–Crippen MR) is 98.2 cm³/mol. The number of fused-ring (bicyclic) bond motifs is 1. The summed E-state index contributed by atoms with van der Waals surface area (Å²) in [4.78, 5) is 34.8. The third kappa shape index (κ3) is 4.78. The average molecular weight is 367 g/mol. The van der Waals surface area contributed by atoms with E-state index in [0.717, 1.165) is 0 Å². The SMILES string of the molecule is NC(=O)CCNC(=O)Nc1cccc(NC(=O)c2ccc3nncn3c2)c1. The number of carbonyl (C=O) groups is 3. The van der Waals surface area contributed by atoms with E-state index in [2.05, 4.69) is 26.1 Å². The molecule has 0 atom stereocenters.